The third kappa shape index (κ3) is 3.33. The van der Waals surface area contributed by atoms with Gasteiger partial charge in [-0.25, -0.2) is 9.37 Å². The van der Waals surface area contributed by atoms with Gasteiger partial charge >= 0.3 is 5.97 Å². The van der Waals surface area contributed by atoms with Crippen molar-refractivity contribution in [3.8, 4) is 5.75 Å². The molecule has 0 radical (unpaired) electrons. The first-order valence-corrected chi connectivity index (χ1v) is 9.62. The number of carboxylic acids is 1. The van der Waals surface area contributed by atoms with Crippen LogP contribution in [0.3, 0.4) is 0 Å². The highest BCUT2D eigenvalue weighted by atomic mass is 16.5. The monoisotopic (exact) mass is 389 g/mol. The molecule has 0 amide bonds. The first-order valence-electron chi connectivity index (χ1n) is 9.62. The van der Waals surface area contributed by atoms with Crippen LogP contribution in [0.5, 0.6) is 5.75 Å². The Balaban J connectivity index is 1.95. The fraction of sp³-hybridized carbons (Fsp3) is 0.250. The molecule has 2 aromatic carbocycles. The Bertz CT molecular complexity index is 1080. The van der Waals surface area contributed by atoms with Crippen LogP contribution in [-0.2, 0) is 0 Å². The lowest BCUT2D eigenvalue weighted by Gasteiger charge is -2.36. The molecule has 5 heteroatoms. The van der Waals surface area contributed by atoms with Gasteiger partial charge in [0.15, 0.2) is 0 Å². The zero-order chi connectivity index (χ0) is 20.7. The Kier molecular flexibility index (Phi) is 4.74. The van der Waals surface area contributed by atoms with Crippen molar-refractivity contribution in [2.75, 3.05) is 33.1 Å². The van der Waals surface area contributed by atoms with Gasteiger partial charge in [0.25, 0.3) is 0 Å². The van der Waals surface area contributed by atoms with Gasteiger partial charge in [-0.05, 0) is 17.7 Å². The van der Waals surface area contributed by atoms with Gasteiger partial charge in [-0.2, -0.15) is 0 Å². The van der Waals surface area contributed by atoms with Crippen molar-refractivity contribution in [3.05, 3.63) is 83.1 Å². The molecule has 0 bridgehead atoms. The predicted octanol–water partition coefficient (Wildman–Crippen LogP) is 3.76. The zero-order valence-electron chi connectivity index (χ0n) is 17.1. The van der Waals surface area contributed by atoms with Crippen LogP contribution in [0.2, 0.25) is 0 Å². The first-order chi connectivity index (χ1) is 13.9. The van der Waals surface area contributed by atoms with Gasteiger partial charge in [0.05, 0.1) is 5.56 Å². The molecule has 2 atom stereocenters. The molecule has 0 spiro atoms. The van der Waals surface area contributed by atoms with Crippen molar-refractivity contribution in [1.82, 2.24) is 0 Å². The molecule has 0 aromatic heterocycles. The summed E-state index contributed by atoms with van der Waals surface area (Å²) in [6.45, 7) is 0. The number of allylic oxidation sites excluding steroid dienone is 3. The van der Waals surface area contributed by atoms with Crippen molar-refractivity contribution < 1.29 is 19.2 Å². The molecule has 29 heavy (non-hydrogen) atoms. The van der Waals surface area contributed by atoms with E-state index in [0.717, 1.165) is 34.0 Å². The van der Waals surface area contributed by atoms with E-state index < -0.39 is 5.97 Å². The van der Waals surface area contributed by atoms with E-state index in [-0.39, 0.29) is 11.8 Å². The number of anilines is 1. The minimum absolute atomic E-state index is 0.0584. The second-order valence-electron chi connectivity index (χ2n) is 7.84. The molecule has 2 unspecified atom stereocenters. The van der Waals surface area contributed by atoms with Gasteiger partial charge in [0.2, 0.25) is 5.71 Å². The average Bonchev–Trinajstić information content (AvgIpc) is 2.70. The maximum atomic E-state index is 11.9. The number of nitrogens with zero attached hydrogens (tertiary/aromatic N) is 2. The first kappa shape index (κ1) is 19.0. The Hall–Kier alpha value is -3.34. The molecule has 5 nitrogen and oxygen atoms in total. The average molecular weight is 389 g/mol. The lowest BCUT2D eigenvalue weighted by Crippen LogP contribution is -2.29. The topological polar surface area (TPSA) is 52.8 Å². The molecule has 1 N–H and O–H groups in total. The van der Waals surface area contributed by atoms with Gasteiger partial charge in [0.1, 0.15) is 25.6 Å². The van der Waals surface area contributed by atoms with Gasteiger partial charge < -0.3 is 14.7 Å². The summed E-state index contributed by atoms with van der Waals surface area (Å²) in [6, 6.07) is 13.4. The molecule has 0 saturated heterocycles. The van der Waals surface area contributed by atoms with Crippen molar-refractivity contribution >= 4 is 17.4 Å². The van der Waals surface area contributed by atoms with Crippen LogP contribution in [0.4, 0.5) is 5.69 Å². The van der Waals surface area contributed by atoms with Crippen molar-refractivity contribution in [3.63, 3.8) is 0 Å². The van der Waals surface area contributed by atoms with E-state index in [1.54, 1.807) is 12.1 Å². The summed E-state index contributed by atoms with van der Waals surface area (Å²) in [4.78, 5) is 14.0. The normalized spacial score (nSPS) is 19.6. The third-order valence-electron chi connectivity index (χ3n) is 5.57. The standard InChI is InChI=1S/C24H24N2O3/c1-25(2)15-9-11-19-21(13-15)29-22-14-16(26(3)4)10-12-20(22)23(19)17-7-5-6-8-18(17)24(27)28/h5-14,19,23H,1-4H3/p+1. The van der Waals surface area contributed by atoms with Crippen molar-refractivity contribution in [2.24, 2.45) is 5.92 Å². The van der Waals surface area contributed by atoms with Crippen molar-refractivity contribution in [2.45, 2.75) is 5.92 Å². The summed E-state index contributed by atoms with van der Waals surface area (Å²) in [7, 11) is 7.97. The predicted molar refractivity (Wildman–Crippen MR) is 114 cm³/mol. The largest absolute Gasteiger partial charge is 0.478 e. The lowest BCUT2D eigenvalue weighted by atomic mass is 9.74. The summed E-state index contributed by atoms with van der Waals surface area (Å²) in [5.41, 5.74) is 4.22. The van der Waals surface area contributed by atoms with E-state index in [4.69, 9.17) is 4.74 Å². The fourth-order valence-corrected chi connectivity index (χ4v) is 4.03. The van der Waals surface area contributed by atoms with Crippen LogP contribution in [0.25, 0.3) is 0 Å². The second-order valence-corrected chi connectivity index (χ2v) is 7.84. The van der Waals surface area contributed by atoms with Crippen molar-refractivity contribution in [1.29, 1.82) is 0 Å². The second kappa shape index (κ2) is 7.24. The summed E-state index contributed by atoms with van der Waals surface area (Å²) in [5.74, 6) is 0.511. The van der Waals surface area contributed by atoms with E-state index in [0.29, 0.717) is 5.56 Å². The maximum Gasteiger partial charge on any atom is 0.335 e. The van der Waals surface area contributed by atoms with Crippen LogP contribution in [-0.4, -0.2) is 49.6 Å². The van der Waals surface area contributed by atoms with Gasteiger partial charge in [-0.15, -0.1) is 0 Å². The van der Waals surface area contributed by atoms with E-state index in [2.05, 4.69) is 24.3 Å². The minimum Gasteiger partial charge on any atom is -0.478 e. The van der Waals surface area contributed by atoms with Gasteiger partial charge in [-0.1, -0.05) is 30.3 Å². The Labute approximate surface area is 170 Å². The Morgan fingerprint density at radius 2 is 1.86 bits per heavy atom. The molecule has 1 aliphatic carbocycles. The number of hydrogen-bond donors (Lipinski definition) is 1. The van der Waals surface area contributed by atoms with E-state index in [1.165, 1.54) is 0 Å². The van der Waals surface area contributed by atoms with Crippen LogP contribution >= 0.6 is 0 Å². The maximum absolute atomic E-state index is 11.9. The Morgan fingerprint density at radius 1 is 1.10 bits per heavy atom. The van der Waals surface area contributed by atoms with Crippen LogP contribution < -0.4 is 9.64 Å². The minimum atomic E-state index is -0.913. The highest BCUT2D eigenvalue weighted by molar-refractivity contribution is 6.02. The molecular formula is C24H25N2O3+. The number of ether oxygens (including phenoxy) is 1. The summed E-state index contributed by atoms with van der Waals surface area (Å²) in [6.07, 6.45) is 6.25. The van der Waals surface area contributed by atoms with Crippen LogP contribution in [0, 0.1) is 5.92 Å². The van der Waals surface area contributed by atoms with E-state index in [1.807, 2.05) is 61.9 Å². The van der Waals surface area contributed by atoms with Gasteiger partial charge in [-0.3, -0.25) is 0 Å². The molecule has 148 valence electrons. The number of benzene rings is 2. The Morgan fingerprint density at radius 3 is 2.55 bits per heavy atom. The molecule has 4 rings (SSSR count). The fourth-order valence-electron chi connectivity index (χ4n) is 4.03. The highest BCUT2D eigenvalue weighted by Gasteiger charge is 2.38. The van der Waals surface area contributed by atoms with E-state index in [9.17, 15) is 9.90 Å². The molecule has 2 aliphatic rings. The molecule has 0 fully saturated rings. The summed E-state index contributed by atoms with van der Waals surface area (Å²) in [5, 5.41) is 9.79. The number of aromatic carboxylic acids is 1. The number of carbonyl (C=O) groups is 1. The molecule has 1 aliphatic heterocycles. The number of carboxylic acid groups (broad SMARTS) is 1. The highest BCUT2D eigenvalue weighted by Crippen LogP contribution is 2.48. The zero-order valence-corrected chi connectivity index (χ0v) is 17.1. The molecular weight excluding hydrogens is 364 g/mol. The smallest absolute Gasteiger partial charge is 0.335 e. The number of fused-ring (bicyclic) bond motifs is 2. The van der Waals surface area contributed by atoms with Crippen LogP contribution in [0.1, 0.15) is 27.4 Å². The summed E-state index contributed by atoms with van der Waals surface area (Å²) >= 11 is 0. The van der Waals surface area contributed by atoms with E-state index >= 15 is 0 Å². The van der Waals surface area contributed by atoms with Gasteiger partial charge in [0, 0.05) is 55.4 Å². The number of rotatable bonds is 3. The third-order valence-corrected chi connectivity index (χ3v) is 5.57. The van der Waals surface area contributed by atoms with Crippen LogP contribution in [0.15, 0.2) is 66.5 Å². The molecule has 2 aromatic rings. The lowest BCUT2D eigenvalue weighted by molar-refractivity contribution is -0.462. The molecule has 1 heterocycles. The quantitative estimate of drug-likeness (QED) is 0.813. The number of hydrogen-bond acceptors (Lipinski definition) is 3. The summed E-state index contributed by atoms with van der Waals surface area (Å²) < 4.78 is 8.38. The molecule has 0 saturated carbocycles. The SMILES string of the molecule is CN(C)c1ccc2c(c1)OC1=CC(=[N+](C)C)C=CC1C2c1ccccc1C(=O)O.